The Bertz CT molecular complexity index is 469. The van der Waals surface area contributed by atoms with Crippen molar-refractivity contribution in [3.05, 3.63) is 11.7 Å². The summed E-state index contributed by atoms with van der Waals surface area (Å²) in [5.41, 5.74) is 0. The van der Waals surface area contributed by atoms with E-state index in [2.05, 4.69) is 10.1 Å². The first-order valence-electron chi connectivity index (χ1n) is 7.84. The van der Waals surface area contributed by atoms with Crippen molar-refractivity contribution in [3.8, 4) is 0 Å². The van der Waals surface area contributed by atoms with Gasteiger partial charge in [-0.15, -0.1) is 0 Å². The van der Waals surface area contributed by atoms with Gasteiger partial charge in [-0.05, 0) is 33.1 Å². The zero-order chi connectivity index (χ0) is 15.9. The van der Waals surface area contributed by atoms with Gasteiger partial charge in [0.2, 0.25) is 11.8 Å². The van der Waals surface area contributed by atoms with Crippen LogP contribution < -0.4 is 0 Å². The molecular formula is C15H25N3O4. The van der Waals surface area contributed by atoms with Crippen LogP contribution in [-0.4, -0.2) is 52.9 Å². The van der Waals surface area contributed by atoms with Gasteiger partial charge in [0.15, 0.2) is 5.82 Å². The van der Waals surface area contributed by atoms with Crippen molar-refractivity contribution in [2.75, 3.05) is 19.8 Å². The molecule has 1 amide bonds. The van der Waals surface area contributed by atoms with E-state index < -0.39 is 0 Å². The highest BCUT2D eigenvalue weighted by atomic mass is 16.5. The van der Waals surface area contributed by atoms with Crippen molar-refractivity contribution in [1.29, 1.82) is 0 Å². The fourth-order valence-corrected chi connectivity index (χ4v) is 2.42. The highest BCUT2D eigenvalue weighted by Crippen LogP contribution is 2.13. The summed E-state index contributed by atoms with van der Waals surface area (Å²) in [6.07, 6.45) is 3.40. The van der Waals surface area contributed by atoms with E-state index in [9.17, 15) is 4.79 Å². The minimum atomic E-state index is -0.0757. The summed E-state index contributed by atoms with van der Waals surface area (Å²) < 4.78 is 16.1. The Morgan fingerprint density at radius 3 is 2.86 bits per heavy atom. The van der Waals surface area contributed by atoms with E-state index in [1.54, 1.807) is 11.8 Å². The number of rotatable bonds is 7. The van der Waals surface area contributed by atoms with Crippen molar-refractivity contribution in [3.63, 3.8) is 0 Å². The molecule has 1 saturated heterocycles. The Morgan fingerprint density at radius 2 is 2.27 bits per heavy atom. The molecule has 1 atom stereocenters. The summed E-state index contributed by atoms with van der Waals surface area (Å²) >= 11 is 0. The molecule has 22 heavy (non-hydrogen) atoms. The van der Waals surface area contributed by atoms with E-state index >= 15 is 0 Å². The molecule has 1 aromatic heterocycles. The maximum Gasteiger partial charge on any atom is 0.249 e. The topological polar surface area (TPSA) is 77.7 Å². The second kappa shape index (κ2) is 8.24. The zero-order valence-electron chi connectivity index (χ0n) is 13.6. The minimum Gasteiger partial charge on any atom is -0.376 e. The third kappa shape index (κ3) is 5.06. The molecule has 2 rings (SSSR count). The molecule has 1 aliphatic heterocycles. The smallest absolute Gasteiger partial charge is 0.249 e. The largest absolute Gasteiger partial charge is 0.376 e. The molecule has 124 valence electrons. The van der Waals surface area contributed by atoms with E-state index in [0.29, 0.717) is 24.9 Å². The summed E-state index contributed by atoms with van der Waals surface area (Å²) in [4.78, 5) is 18.1. The number of carbonyl (C=O) groups is 1. The van der Waals surface area contributed by atoms with E-state index in [1.165, 1.54) is 0 Å². The molecule has 1 fully saturated rings. The fraction of sp³-hybridized carbons (Fsp3) is 0.800. The zero-order valence-corrected chi connectivity index (χ0v) is 13.6. The second-order valence-corrected chi connectivity index (χ2v) is 5.85. The van der Waals surface area contributed by atoms with E-state index in [4.69, 9.17) is 14.0 Å². The average Bonchev–Trinajstić information content (AvgIpc) is 2.91. The second-order valence-electron chi connectivity index (χ2n) is 5.85. The molecule has 0 aliphatic carbocycles. The molecule has 1 aliphatic rings. The SMILES string of the molecule is Cc1nc(CN(C(=O)COC[C@@H]2CCCCO2)C(C)C)no1. The van der Waals surface area contributed by atoms with Crippen LogP contribution in [0.4, 0.5) is 0 Å². The average molecular weight is 311 g/mol. The van der Waals surface area contributed by atoms with E-state index in [1.807, 2.05) is 13.8 Å². The number of aryl methyl sites for hydroxylation is 1. The first kappa shape index (κ1) is 16.9. The van der Waals surface area contributed by atoms with Gasteiger partial charge in [0.05, 0.1) is 19.3 Å². The molecule has 0 N–H and O–H groups in total. The lowest BCUT2D eigenvalue weighted by Crippen LogP contribution is -2.39. The Kier molecular flexibility index (Phi) is 6.33. The number of aromatic nitrogens is 2. The first-order chi connectivity index (χ1) is 10.6. The van der Waals surface area contributed by atoms with Crippen LogP contribution in [0.15, 0.2) is 4.52 Å². The molecule has 0 unspecified atom stereocenters. The predicted octanol–water partition coefficient (Wildman–Crippen LogP) is 1.70. The van der Waals surface area contributed by atoms with Crippen LogP contribution in [0.5, 0.6) is 0 Å². The highest BCUT2D eigenvalue weighted by molar-refractivity contribution is 5.77. The van der Waals surface area contributed by atoms with Crippen molar-refractivity contribution in [2.45, 2.75) is 58.7 Å². The third-order valence-corrected chi connectivity index (χ3v) is 3.63. The van der Waals surface area contributed by atoms with Crippen molar-refractivity contribution in [2.24, 2.45) is 0 Å². The van der Waals surface area contributed by atoms with Gasteiger partial charge >= 0.3 is 0 Å². The number of carbonyl (C=O) groups excluding carboxylic acids is 1. The Labute approximate surface area is 131 Å². The molecule has 0 bridgehead atoms. The van der Waals surface area contributed by atoms with Crippen LogP contribution in [0.3, 0.4) is 0 Å². The standard InChI is InChI=1S/C15H25N3O4/c1-11(2)18(8-14-16-12(3)22-17-14)15(19)10-20-9-13-6-4-5-7-21-13/h11,13H,4-10H2,1-3H3/t13-/m0/s1. The number of hydrogen-bond donors (Lipinski definition) is 0. The maximum absolute atomic E-state index is 12.3. The van der Waals surface area contributed by atoms with Crippen LogP contribution in [0.1, 0.15) is 44.8 Å². The van der Waals surface area contributed by atoms with Crippen LogP contribution in [0, 0.1) is 6.92 Å². The van der Waals surface area contributed by atoms with Gasteiger partial charge in [-0.25, -0.2) is 0 Å². The summed E-state index contributed by atoms with van der Waals surface area (Å²) in [5.74, 6) is 0.931. The monoisotopic (exact) mass is 311 g/mol. The van der Waals surface area contributed by atoms with Crippen LogP contribution in [-0.2, 0) is 20.8 Å². The van der Waals surface area contributed by atoms with Crippen molar-refractivity contribution in [1.82, 2.24) is 15.0 Å². The molecular weight excluding hydrogens is 286 g/mol. The van der Waals surface area contributed by atoms with Crippen LogP contribution >= 0.6 is 0 Å². The van der Waals surface area contributed by atoms with Crippen LogP contribution in [0.2, 0.25) is 0 Å². The van der Waals surface area contributed by atoms with Crippen LogP contribution in [0.25, 0.3) is 0 Å². The molecule has 7 heteroatoms. The van der Waals surface area contributed by atoms with Gasteiger partial charge in [-0.1, -0.05) is 5.16 Å². The maximum atomic E-state index is 12.3. The van der Waals surface area contributed by atoms with E-state index in [0.717, 1.165) is 25.9 Å². The molecule has 0 radical (unpaired) electrons. The molecule has 0 aromatic carbocycles. The first-order valence-corrected chi connectivity index (χ1v) is 7.84. The number of amides is 1. The molecule has 7 nitrogen and oxygen atoms in total. The van der Waals surface area contributed by atoms with Gasteiger partial charge in [0, 0.05) is 19.6 Å². The normalized spacial score (nSPS) is 18.6. The number of hydrogen-bond acceptors (Lipinski definition) is 6. The Hall–Kier alpha value is -1.47. The van der Waals surface area contributed by atoms with Gasteiger partial charge in [0.1, 0.15) is 6.61 Å². The van der Waals surface area contributed by atoms with Gasteiger partial charge in [-0.3, -0.25) is 4.79 Å². The van der Waals surface area contributed by atoms with Gasteiger partial charge in [-0.2, -0.15) is 4.98 Å². The molecule has 1 aromatic rings. The lowest BCUT2D eigenvalue weighted by molar-refractivity contribution is -0.140. The highest BCUT2D eigenvalue weighted by Gasteiger charge is 2.21. The molecule has 0 spiro atoms. The summed E-state index contributed by atoms with van der Waals surface area (Å²) in [6, 6.07) is 0.0424. The third-order valence-electron chi connectivity index (χ3n) is 3.63. The Balaban J connectivity index is 1.78. The Morgan fingerprint density at radius 1 is 1.45 bits per heavy atom. The molecule has 0 saturated carbocycles. The lowest BCUT2D eigenvalue weighted by atomic mass is 10.1. The summed E-state index contributed by atoms with van der Waals surface area (Å²) in [6.45, 7) is 7.28. The quantitative estimate of drug-likeness (QED) is 0.763. The number of ether oxygens (including phenoxy) is 2. The minimum absolute atomic E-state index is 0.0424. The fourth-order valence-electron chi connectivity index (χ4n) is 2.42. The molecule has 2 heterocycles. The van der Waals surface area contributed by atoms with Gasteiger partial charge in [0.25, 0.3) is 0 Å². The van der Waals surface area contributed by atoms with Gasteiger partial charge < -0.3 is 18.9 Å². The summed E-state index contributed by atoms with van der Waals surface area (Å²) in [7, 11) is 0. The summed E-state index contributed by atoms with van der Waals surface area (Å²) in [5, 5.41) is 3.83. The van der Waals surface area contributed by atoms with Crippen molar-refractivity contribution >= 4 is 5.91 Å². The van der Waals surface area contributed by atoms with Crippen molar-refractivity contribution < 1.29 is 18.8 Å². The lowest BCUT2D eigenvalue weighted by Gasteiger charge is -2.26. The van der Waals surface area contributed by atoms with E-state index in [-0.39, 0.29) is 24.7 Å². The number of nitrogens with zero attached hydrogens (tertiary/aromatic N) is 3. The predicted molar refractivity (Wildman–Crippen MR) is 79.1 cm³/mol.